The van der Waals surface area contributed by atoms with Gasteiger partial charge in [0.15, 0.2) is 23.7 Å². The molecule has 1 aromatic rings. The van der Waals surface area contributed by atoms with Crippen molar-refractivity contribution in [1.82, 2.24) is 0 Å². The van der Waals surface area contributed by atoms with Crippen LogP contribution in [0.3, 0.4) is 0 Å². The summed E-state index contributed by atoms with van der Waals surface area (Å²) in [6.45, 7) is 1.69. The van der Waals surface area contributed by atoms with Crippen molar-refractivity contribution in [3.05, 3.63) is 47.3 Å². The van der Waals surface area contributed by atoms with Crippen molar-refractivity contribution in [3.63, 3.8) is 0 Å². The second-order valence-corrected chi connectivity index (χ2v) is 11.7. The molecule has 0 N–H and O–H groups in total. The highest BCUT2D eigenvalue weighted by Crippen LogP contribution is 2.44. The Balaban J connectivity index is 1.26. The first-order valence-corrected chi connectivity index (χ1v) is 14.7. The third kappa shape index (κ3) is 8.42. The number of alkyl halides is 4. The largest absolute Gasteiger partial charge is 0.432 e. The molecular formula is C31H39F7O4. The van der Waals surface area contributed by atoms with Gasteiger partial charge in [-0.2, -0.15) is 17.6 Å². The van der Waals surface area contributed by atoms with Crippen molar-refractivity contribution in [2.75, 3.05) is 13.2 Å². The first-order chi connectivity index (χ1) is 20.0. The van der Waals surface area contributed by atoms with E-state index < -0.39 is 53.9 Å². The van der Waals surface area contributed by atoms with Crippen LogP contribution in [-0.2, 0) is 9.47 Å². The van der Waals surface area contributed by atoms with Crippen LogP contribution in [0.25, 0.3) is 0 Å². The molecule has 1 aliphatic heterocycles. The van der Waals surface area contributed by atoms with Crippen molar-refractivity contribution in [3.8, 4) is 11.5 Å². The molecule has 0 amide bonds. The zero-order valence-electron chi connectivity index (χ0n) is 23.9. The Labute approximate surface area is 242 Å². The average molecular weight is 609 g/mol. The van der Waals surface area contributed by atoms with Gasteiger partial charge in [-0.25, -0.2) is 13.2 Å². The smallest absolute Gasteiger partial charge is 0.400 e. The lowest BCUT2D eigenvalue weighted by Crippen LogP contribution is -2.37. The number of hydrogen-bond acceptors (Lipinski definition) is 4. The fourth-order valence-electron chi connectivity index (χ4n) is 6.39. The van der Waals surface area contributed by atoms with Crippen LogP contribution in [0.15, 0.2) is 35.7 Å². The highest BCUT2D eigenvalue weighted by molar-refractivity contribution is 5.35. The molecule has 1 heterocycles. The van der Waals surface area contributed by atoms with Crippen LogP contribution in [0.2, 0.25) is 0 Å². The standard InChI is InChI=1S/C31H39F7O4/c1-3-24(25(32)12-13-28-39-16-21(17-40-28)19-6-4-18(2)5-7-19)20-8-10-22(11-9-20)31(37,38)42-23-14-26(33)29(27(34)15-23)41-30(35)36/h3,12,14-15,18-22,28,30H,4-11,13,16-17H2,1-2H3/b24-3-,25-12+. The monoisotopic (exact) mass is 608 g/mol. The normalized spacial score (nSPS) is 30.0. The van der Waals surface area contributed by atoms with E-state index in [9.17, 15) is 26.3 Å². The van der Waals surface area contributed by atoms with Gasteiger partial charge in [-0.05, 0) is 74.9 Å². The van der Waals surface area contributed by atoms with E-state index in [2.05, 4.69) is 16.4 Å². The van der Waals surface area contributed by atoms with Crippen LogP contribution < -0.4 is 9.47 Å². The van der Waals surface area contributed by atoms with Gasteiger partial charge in [0.1, 0.15) is 11.6 Å². The molecule has 2 aliphatic carbocycles. The minimum Gasteiger partial charge on any atom is -0.432 e. The molecule has 1 aromatic carbocycles. The van der Waals surface area contributed by atoms with Crippen molar-refractivity contribution < 1.29 is 49.7 Å². The molecule has 2 saturated carbocycles. The molecule has 0 radical (unpaired) electrons. The maximum atomic E-state index is 15.2. The Morgan fingerprint density at radius 2 is 1.55 bits per heavy atom. The molecule has 0 atom stereocenters. The van der Waals surface area contributed by atoms with Crippen LogP contribution in [0.5, 0.6) is 11.5 Å². The topological polar surface area (TPSA) is 36.9 Å². The SMILES string of the molecule is C/C=C(\C(F)=C/CC1OCC(C2CCC(C)CC2)CO1)C1CCC(C(F)(F)Oc2cc(F)c(OC(F)F)c(F)c2)CC1. The van der Waals surface area contributed by atoms with Gasteiger partial charge in [-0.3, -0.25) is 0 Å². The highest BCUT2D eigenvalue weighted by atomic mass is 19.3. The molecule has 0 unspecified atom stereocenters. The van der Waals surface area contributed by atoms with Gasteiger partial charge < -0.3 is 18.9 Å². The second-order valence-electron chi connectivity index (χ2n) is 11.7. The molecule has 0 aromatic heterocycles. The first-order valence-electron chi connectivity index (χ1n) is 14.7. The third-order valence-corrected chi connectivity index (χ3v) is 8.87. The maximum Gasteiger partial charge on any atom is 0.400 e. The minimum absolute atomic E-state index is 0.0178. The fourth-order valence-corrected chi connectivity index (χ4v) is 6.39. The minimum atomic E-state index is -3.79. The Hall–Kier alpha value is -2.27. The van der Waals surface area contributed by atoms with E-state index >= 15 is 4.39 Å². The van der Waals surface area contributed by atoms with Crippen molar-refractivity contribution >= 4 is 0 Å². The van der Waals surface area contributed by atoms with E-state index in [1.54, 1.807) is 13.0 Å². The summed E-state index contributed by atoms with van der Waals surface area (Å²) >= 11 is 0. The van der Waals surface area contributed by atoms with Crippen LogP contribution in [0, 0.1) is 41.2 Å². The fraction of sp³-hybridized carbons (Fsp3) is 0.677. The van der Waals surface area contributed by atoms with Crippen LogP contribution in [-0.4, -0.2) is 32.2 Å². The van der Waals surface area contributed by atoms with Gasteiger partial charge >= 0.3 is 12.7 Å². The van der Waals surface area contributed by atoms with Crippen molar-refractivity contribution in [2.24, 2.45) is 29.6 Å². The summed E-state index contributed by atoms with van der Waals surface area (Å²) in [7, 11) is 0. The van der Waals surface area contributed by atoms with E-state index in [1.165, 1.54) is 31.8 Å². The number of hydrogen-bond donors (Lipinski definition) is 0. The molecule has 3 aliphatic rings. The van der Waals surface area contributed by atoms with Gasteiger partial charge in [0, 0.05) is 24.5 Å². The summed E-state index contributed by atoms with van der Waals surface area (Å²) in [5.74, 6) is -5.68. The van der Waals surface area contributed by atoms with E-state index in [0.717, 1.165) is 5.92 Å². The predicted molar refractivity (Wildman–Crippen MR) is 142 cm³/mol. The summed E-state index contributed by atoms with van der Waals surface area (Å²) in [6, 6.07) is 0.740. The van der Waals surface area contributed by atoms with Crippen LogP contribution >= 0.6 is 0 Å². The van der Waals surface area contributed by atoms with Gasteiger partial charge in [0.25, 0.3) is 0 Å². The highest BCUT2D eigenvalue weighted by Gasteiger charge is 2.45. The Morgan fingerprint density at radius 3 is 2.10 bits per heavy atom. The first kappa shape index (κ1) is 32.6. The quantitative estimate of drug-likeness (QED) is 0.196. The van der Waals surface area contributed by atoms with Crippen LogP contribution in [0.1, 0.15) is 71.6 Å². The Morgan fingerprint density at radius 1 is 0.952 bits per heavy atom. The number of halogens is 7. The van der Waals surface area contributed by atoms with Crippen molar-refractivity contribution in [2.45, 2.75) is 90.6 Å². The van der Waals surface area contributed by atoms with Crippen LogP contribution in [0.4, 0.5) is 30.7 Å². The summed E-state index contributed by atoms with van der Waals surface area (Å²) < 4.78 is 118. The number of allylic oxidation sites excluding steroid dienone is 3. The summed E-state index contributed by atoms with van der Waals surface area (Å²) in [4.78, 5) is 0. The Kier molecular flexibility index (Phi) is 11.2. The number of rotatable bonds is 10. The number of ether oxygens (including phenoxy) is 4. The molecule has 3 fully saturated rings. The molecular weight excluding hydrogens is 569 g/mol. The maximum absolute atomic E-state index is 15.2. The molecule has 4 nitrogen and oxygen atoms in total. The Bertz CT molecular complexity index is 1060. The molecule has 0 spiro atoms. The van der Waals surface area contributed by atoms with E-state index in [1.807, 2.05) is 0 Å². The average Bonchev–Trinajstić information content (AvgIpc) is 2.95. The van der Waals surface area contributed by atoms with Crippen molar-refractivity contribution in [1.29, 1.82) is 0 Å². The lowest BCUT2D eigenvalue weighted by molar-refractivity contribution is -0.223. The third-order valence-electron chi connectivity index (χ3n) is 8.87. The molecule has 4 rings (SSSR count). The van der Waals surface area contributed by atoms with E-state index in [-0.39, 0.29) is 38.0 Å². The van der Waals surface area contributed by atoms with Gasteiger partial charge in [0.05, 0.1) is 19.1 Å². The molecule has 42 heavy (non-hydrogen) atoms. The molecule has 0 bridgehead atoms. The van der Waals surface area contributed by atoms with E-state index in [4.69, 9.17) is 9.47 Å². The molecule has 1 saturated heterocycles. The zero-order chi connectivity index (χ0) is 30.4. The van der Waals surface area contributed by atoms with Gasteiger partial charge in [-0.15, -0.1) is 0 Å². The number of benzene rings is 1. The summed E-state index contributed by atoms with van der Waals surface area (Å²) in [5.41, 5.74) is 0.432. The summed E-state index contributed by atoms with van der Waals surface area (Å²) in [5, 5.41) is 0. The van der Waals surface area contributed by atoms with Gasteiger partial charge in [-0.1, -0.05) is 25.8 Å². The lowest BCUT2D eigenvalue weighted by Gasteiger charge is -2.37. The predicted octanol–water partition coefficient (Wildman–Crippen LogP) is 9.35. The molecule has 236 valence electrons. The second kappa shape index (κ2) is 14.5. The van der Waals surface area contributed by atoms with Gasteiger partial charge in [0.2, 0.25) is 0 Å². The van der Waals surface area contributed by atoms with E-state index in [0.29, 0.717) is 42.8 Å². The lowest BCUT2D eigenvalue weighted by atomic mass is 9.76. The molecule has 11 heteroatoms. The summed E-state index contributed by atoms with van der Waals surface area (Å²) in [6.07, 6.45) is 4.31. The zero-order valence-corrected chi connectivity index (χ0v) is 23.9.